The largest absolute Gasteiger partial charge is 0.472 e. The summed E-state index contributed by atoms with van der Waals surface area (Å²) in [6.45, 7) is 2.49. The highest BCUT2D eigenvalue weighted by Gasteiger charge is 2.29. The summed E-state index contributed by atoms with van der Waals surface area (Å²) in [5, 5.41) is 20.5. The zero-order valence-electron chi connectivity index (χ0n) is 51.9. The van der Waals surface area contributed by atoms with Crippen LogP contribution in [0.3, 0.4) is 0 Å². The lowest BCUT2D eigenvalue weighted by molar-refractivity contribution is -0.161. The summed E-state index contributed by atoms with van der Waals surface area (Å²) in [5.74, 6) is -1.59. The molecule has 0 saturated heterocycles. The number of carbonyl (C=O) groups is 3. The summed E-state index contributed by atoms with van der Waals surface area (Å²) in [7, 11) is -9.76. The highest BCUT2D eigenvalue weighted by molar-refractivity contribution is 7.47. The van der Waals surface area contributed by atoms with Gasteiger partial charge in [-0.2, -0.15) is 0 Å². The molecule has 482 valence electrons. The zero-order chi connectivity index (χ0) is 61.0. The molecular formula is C65H116O16P2. The Morgan fingerprint density at radius 1 is 0.349 bits per heavy atom. The van der Waals surface area contributed by atoms with Gasteiger partial charge in [0.1, 0.15) is 25.4 Å². The maximum Gasteiger partial charge on any atom is 0.472 e. The van der Waals surface area contributed by atoms with Gasteiger partial charge in [-0.1, -0.05) is 235 Å². The van der Waals surface area contributed by atoms with Gasteiger partial charge in [-0.3, -0.25) is 32.5 Å². The molecule has 0 spiro atoms. The Morgan fingerprint density at radius 2 is 0.651 bits per heavy atom. The van der Waals surface area contributed by atoms with Crippen LogP contribution in [0.5, 0.6) is 0 Å². The van der Waals surface area contributed by atoms with Gasteiger partial charge in [-0.05, 0) is 83.5 Å². The van der Waals surface area contributed by atoms with Gasteiger partial charge in [0.15, 0.2) is 6.10 Å². The molecule has 0 aliphatic heterocycles. The number of allylic oxidation sites excluding steroid dienone is 12. The number of esters is 3. The quantitative estimate of drug-likeness (QED) is 0.0146. The fourth-order valence-corrected chi connectivity index (χ4v) is 10.0. The molecule has 5 unspecified atom stereocenters. The Bertz CT molecular complexity index is 1820. The number of hydrogen-bond donors (Lipinski definition) is 4. The maximum atomic E-state index is 12.8. The van der Waals surface area contributed by atoms with Gasteiger partial charge in [0, 0.05) is 19.3 Å². The smallest absolute Gasteiger partial charge is 0.463 e. The van der Waals surface area contributed by atoms with Crippen LogP contribution in [0, 0.1) is 0 Å². The first-order valence-corrected chi connectivity index (χ1v) is 35.2. The fraction of sp³-hybridized carbons (Fsp3) is 0.769. The summed E-state index contributed by atoms with van der Waals surface area (Å²) in [6.07, 6.45) is 59.7. The van der Waals surface area contributed by atoms with Crippen LogP contribution in [0.25, 0.3) is 0 Å². The Kier molecular flexibility index (Phi) is 57.2. The van der Waals surface area contributed by atoms with Crippen molar-refractivity contribution in [3.63, 3.8) is 0 Å². The van der Waals surface area contributed by atoms with Crippen LogP contribution in [0.15, 0.2) is 72.9 Å². The molecule has 4 N–H and O–H groups in total. The summed E-state index contributed by atoms with van der Waals surface area (Å²) in [5.41, 5.74) is 0. The van der Waals surface area contributed by atoms with E-state index in [1.807, 2.05) is 0 Å². The van der Waals surface area contributed by atoms with Crippen LogP contribution >= 0.6 is 15.6 Å². The van der Waals surface area contributed by atoms with Crippen LogP contribution < -0.4 is 0 Å². The van der Waals surface area contributed by atoms with Crippen molar-refractivity contribution >= 4 is 33.6 Å². The van der Waals surface area contributed by atoms with E-state index < -0.39 is 91.5 Å². The maximum absolute atomic E-state index is 12.8. The second kappa shape index (κ2) is 59.3. The lowest BCUT2D eigenvalue weighted by Gasteiger charge is -2.21. The molecule has 18 heteroatoms. The van der Waals surface area contributed by atoms with E-state index >= 15 is 0 Å². The Balaban J connectivity index is 4.58. The Morgan fingerprint density at radius 3 is 1.06 bits per heavy atom. The number of rotatable bonds is 61. The van der Waals surface area contributed by atoms with E-state index in [0.717, 1.165) is 122 Å². The molecule has 0 bridgehead atoms. The van der Waals surface area contributed by atoms with Crippen LogP contribution in [-0.2, 0) is 55.8 Å². The number of carbonyl (C=O) groups excluding carboxylic acids is 3. The van der Waals surface area contributed by atoms with Gasteiger partial charge in [0.25, 0.3) is 0 Å². The number of phosphoric ester groups is 2. The van der Waals surface area contributed by atoms with Gasteiger partial charge >= 0.3 is 33.6 Å². The van der Waals surface area contributed by atoms with E-state index in [-0.39, 0.29) is 19.3 Å². The minimum Gasteiger partial charge on any atom is -0.463 e. The predicted molar refractivity (Wildman–Crippen MR) is 335 cm³/mol. The van der Waals surface area contributed by atoms with E-state index in [1.165, 1.54) is 83.5 Å². The van der Waals surface area contributed by atoms with E-state index in [2.05, 4.69) is 93.7 Å². The second-order valence-corrected chi connectivity index (χ2v) is 24.4. The topological polar surface area (TPSA) is 231 Å². The minimum atomic E-state index is -4.91. The van der Waals surface area contributed by atoms with Gasteiger partial charge < -0.3 is 34.2 Å². The van der Waals surface area contributed by atoms with Crippen molar-refractivity contribution in [2.24, 2.45) is 0 Å². The minimum absolute atomic E-state index is 0.0970. The second-order valence-electron chi connectivity index (χ2n) is 21.5. The average molecular weight is 1220 g/mol. The number of ether oxygens (including phenoxy) is 3. The molecular weight excluding hydrogens is 1100 g/mol. The molecule has 0 aromatic rings. The summed E-state index contributed by atoms with van der Waals surface area (Å²) in [4.78, 5) is 58.1. The zero-order valence-corrected chi connectivity index (χ0v) is 53.6. The highest BCUT2D eigenvalue weighted by atomic mass is 31.2. The normalized spacial score (nSPS) is 14.8. The van der Waals surface area contributed by atoms with Crippen molar-refractivity contribution in [2.75, 3.05) is 39.6 Å². The molecule has 0 fully saturated rings. The number of aliphatic hydroxyl groups excluding tert-OH is 2. The van der Waals surface area contributed by atoms with Crippen molar-refractivity contribution < 1.29 is 75.8 Å². The summed E-state index contributed by atoms with van der Waals surface area (Å²) < 4.78 is 60.7. The molecule has 16 nitrogen and oxygen atoms in total. The fourth-order valence-electron chi connectivity index (χ4n) is 8.46. The van der Waals surface area contributed by atoms with Crippen LogP contribution in [0.1, 0.15) is 265 Å². The van der Waals surface area contributed by atoms with Gasteiger partial charge in [0.05, 0.1) is 26.4 Å². The Labute approximate surface area is 503 Å². The lowest BCUT2D eigenvalue weighted by Crippen LogP contribution is -2.30. The Hall–Kier alpha value is -3.01. The van der Waals surface area contributed by atoms with Gasteiger partial charge in [-0.25, -0.2) is 9.13 Å². The molecule has 0 aliphatic carbocycles. The van der Waals surface area contributed by atoms with E-state index in [9.17, 15) is 43.5 Å². The lowest BCUT2D eigenvalue weighted by atomic mass is 10.0. The average Bonchev–Trinajstić information content (AvgIpc) is 3.46. The molecule has 0 aliphatic rings. The van der Waals surface area contributed by atoms with Crippen molar-refractivity contribution in [1.29, 1.82) is 0 Å². The first-order chi connectivity index (χ1) is 40.2. The van der Waals surface area contributed by atoms with Crippen molar-refractivity contribution in [1.82, 2.24) is 0 Å². The van der Waals surface area contributed by atoms with E-state index in [0.29, 0.717) is 19.3 Å². The molecule has 0 saturated carbocycles. The number of aliphatic hydroxyl groups is 2. The van der Waals surface area contributed by atoms with E-state index in [1.54, 1.807) is 0 Å². The van der Waals surface area contributed by atoms with Crippen LogP contribution in [0.2, 0.25) is 0 Å². The number of phosphoric acid groups is 2. The molecule has 0 heterocycles. The van der Waals surface area contributed by atoms with Gasteiger partial charge in [-0.15, -0.1) is 0 Å². The third-order valence-electron chi connectivity index (χ3n) is 13.4. The van der Waals surface area contributed by atoms with Crippen molar-refractivity contribution in [3.8, 4) is 0 Å². The highest BCUT2D eigenvalue weighted by Crippen LogP contribution is 2.45. The van der Waals surface area contributed by atoms with Crippen LogP contribution in [-0.4, -0.2) is 95.9 Å². The first kappa shape index (κ1) is 80.0. The van der Waals surface area contributed by atoms with Crippen molar-refractivity contribution in [2.45, 2.75) is 283 Å². The molecule has 83 heavy (non-hydrogen) atoms. The molecule has 0 rings (SSSR count). The molecule has 0 aromatic heterocycles. The monoisotopic (exact) mass is 1210 g/mol. The molecule has 0 aromatic carbocycles. The number of hydrogen-bond acceptors (Lipinski definition) is 14. The first-order valence-electron chi connectivity index (χ1n) is 32.2. The SMILES string of the molecule is CC/C=C\C/C=C\C/C=C\C/C=C\C/C=C\CCCCCCCC(=O)OCC(O)COP(=O)(O)OCC(O)COP(=O)(O)OCC(COC(=O)CCCCCCCCCCCCCCCCC)OC(=O)CCCCCCC/C=C\CCCC. The molecule has 0 amide bonds. The number of unbranched alkanes of at least 4 members (excludes halogenated alkanes) is 26. The molecule has 0 radical (unpaired) electrons. The summed E-state index contributed by atoms with van der Waals surface area (Å²) in [6, 6.07) is 0. The molecule has 5 atom stereocenters. The third kappa shape index (κ3) is 60.5. The third-order valence-corrected chi connectivity index (χ3v) is 15.3. The van der Waals surface area contributed by atoms with Gasteiger partial charge in [0.2, 0.25) is 0 Å². The predicted octanol–water partition coefficient (Wildman–Crippen LogP) is 17.2. The van der Waals surface area contributed by atoms with E-state index in [4.69, 9.17) is 32.3 Å². The van der Waals surface area contributed by atoms with Crippen molar-refractivity contribution in [3.05, 3.63) is 72.9 Å². The standard InChI is InChI=1S/C65H116O16P2/c1-4-7-10-13-16-19-22-24-26-27-28-29-30-31-33-35-37-39-42-45-48-51-63(68)75-54-60(66)55-77-82(71,72)78-56-61(67)57-79-83(73,74)80-59-62(81-65(70)53-50-47-44-41-36-21-18-15-12-9-6-3)58-76-64(69)52-49-46-43-40-38-34-32-25-23-20-17-14-11-8-5-2/h7,10,15-16,18-19,24,26,28-29,31,33,60-62,66-67H,4-6,8-9,11-14,17,20-23,25,27,30,32,34-59H2,1-3H3,(H,71,72)(H,73,74)/b10-7-,18-15-,19-16-,26-24-,29-28-,33-31-. The summed E-state index contributed by atoms with van der Waals surface area (Å²) >= 11 is 0. The van der Waals surface area contributed by atoms with Crippen LogP contribution in [0.4, 0.5) is 0 Å².